The number of anilines is 1. The first-order chi connectivity index (χ1) is 12.3. The van der Waals surface area contributed by atoms with Crippen LogP contribution in [-0.2, 0) is 19.1 Å². The average molecular weight is 386 g/mol. The van der Waals surface area contributed by atoms with Crippen molar-refractivity contribution in [2.45, 2.75) is 20.3 Å². The fourth-order valence-electron chi connectivity index (χ4n) is 2.32. The maximum atomic E-state index is 12.3. The number of esters is 1. The Morgan fingerprint density at radius 1 is 1.12 bits per heavy atom. The summed E-state index contributed by atoms with van der Waals surface area (Å²) in [5.74, 6) is -1.75. The largest absolute Gasteiger partial charge is 0.493 e. The Hall–Kier alpha value is -2.61. The first-order valence-electron chi connectivity index (χ1n) is 7.71. The standard InChI is InChI=1S/C17H20ClNO7/c1-5-26-13(21)8-9-19(17(23)16(18)22)14-11(10(2)20)6-7-12(24-3)15(14)25-4/h6-7H,5,8-9H2,1-4H3. The lowest BCUT2D eigenvalue weighted by Gasteiger charge is -2.26. The van der Waals surface area contributed by atoms with E-state index in [9.17, 15) is 19.2 Å². The number of benzene rings is 1. The molecule has 0 aliphatic heterocycles. The number of Topliss-reactive ketones (excluding diaryl/α,β-unsaturated/α-hetero) is 1. The third-order valence-corrected chi connectivity index (χ3v) is 3.59. The van der Waals surface area contributed by atoms with Crippen LogP contribution >= 0.6 is 11.6 Å². The smallest absolute Gasteiger partial charge is 0.311 e. The number of ether oxygens (including phenoxy) is 3. The summed E-state index contributed by atoms with van der Waals surface area (Å²) >= 11 is 5.35. The molecule has 0 aliphatic rings. The van der Waals surface area contributed by atoms with Crippen molar-refractivity contribution in [1.82, 2.24) is 0 Å². The Bertz CT molecular complexity index is 717. The maximum Gasteiger partial charge on any atom is 0.311 e. The first kappa shape index (κ1) is 21.4. The van der Waals surface area contributed by atoms with Gasteiger partial charge in [0.15, 0.2) is 17.3 Å². The molecular weight excluding hydrogens is 366 g/mol. The van der Waals surface area contributed by atoms with E-state index in [-0.39, 0.29) is 48.1 Å². The monoisotopic (exact) mass is 385 g/mol. The molecule has 0 saturated heterocycles. The molecule has 0 aliphatic carbocycles. The number of ketones is 1. The third-order valence-electron chi connectivity index (χ3n) is 3.43. The molecule has 1 rings (SSSR count). The van der Waals surface area contributed by atoms with E-state index in [0.29, 0.717) is 0 Å². The van der Waals surface area contributed by atoms with Gasteiger partial charge in [-0.2, -0.15) is 0 Å². The third kappa shape index (κ3) is 4.95. The Morgan fingerprint density at radius 2 is 1.77 bits per heavy atom. The average Bonchev–Trinajstić information content (AvgIpc) is 2.60. The number of rotatable bonds is 9. The highest BCUT2D eigenvalue weighted by molar-refractivity contribution is 6.82. The second-order valence-corrected chi connectivity index (χ2v) is 5.38. The summed E-state index contributed by atoms with van der Waals surface area (Å²) in [7, 11) is 2.70. The van der Waals surface area contributed by atoms with Gasteiger partial charge in [0.25, 0.3) is 0 Å². The molecule has 0 atom stereocenters. The summed E-state index contributed by atoms with van der Waals surface area (Å²) < 4.78 is 15.3. The van der Waals surface area contributed by atoms with Crippen LogP contribution < -0.4 is 14.4 Å². The van der Waals surface area contributed by atoms with Crippen LogP contribution in [0.25, 0.3) is 0 Å². The number of amides is 1. The predicted molar refractivity (Wildman–Crippen MR) is 94.0 cm³/mol. The zero-order valence-electron chi connectivity index (χ0n) is 15.0. The highest BCUT2D eigenvalue weighted by atomic mass is 35.5. The highest BCUT2D eigenvalue weighted by Crippen LogP contribution is 2.41. The molecule has 0 spiro atoms. The van der Waals surface area contributed by atoms with Crippen LogP contribution in [0, 0.1) is 0 Å². The molecule has 0 bridgehead atoms. The van der Waals surface area contributed by atoms with E-state index in [1.807, 2.05) is 0 Å². The minimum absolute atomic E-state index is 0.00245. The number of halogens is 1. The molecular formula is C17H20ClNO7. The van der Waals surface area contributed by atoms with Crippen LogP contribution in [0.2, 0.25) is 0 Å². The SMILES string of the molecule is CCOC(=O)CCN(C(=O)C(=O)Cl)c1c(C(C)=O)ccc(OC)c1OC. The zero-order chi connectivity index (χ0) is 19.9. The van der Waals surface area contributed by atoms with Gasteiger partial charge >= 0.3 is 17.1 Å². The quantitative estimate of drug-likeness (QED) is 0.277. The number of carbonyl (C=O) groups is 4. The van der Waals surface area contributed by atoms with Gasteiger partial charge in [0.1, 0.15) is 5.69 Å². The van der Waals surface area contributed by atoms with Gasteiger partial charge in [-0.1, -0.05) is 0 Å². The number of nitrogens with zero attached hydrogens (tertiary/aromatic N) is 1. The van der Waals surface area contributed by atoms with Crippen molar-refractivity contribution in [2.75, 3.05) is 32.3 Å². The summed E-state index contributed by atoms with van der Waals surface area (Å²) in [6.07, 6.45) is -0.207. The lowest BCUT2D eigenvalue weighted by atomic mass is 10.1. The lowest BCUT2D eigenvalue weighted by molar-refractivity contribution is -0.143. The van der Waals surface area contributed by atoms with Crippen LogP contribution in [-0.4, -0.2) is 50.3 Å². The molecule has 26 heavy (non-hydrogen) atoms. The van der Waals surface area contributed by atoms with Gasteiger partial charge in [-0.05, 0) is 37.6 Å². The molecule has 0 fully saturated rings. The number of hydrogen-bond acceptors (Lipinski definition) is 7. The minimum atomic E-state index is -1.27. The van der Waals surface area contributed by atoms with E-state index in [0.717, 1.165) is 4.90 Å². The number of methoxy groups -OCH3 is 2. The molecule has 8 nitrogen and oxygen atoms in total. The van der Waals surface area contributed by atoms with E-state index in [1.54, 1.807) is 6.92 Å². The lowest BCUT2D eigenvalue weighted by Crippen LogP contribution is -2.37. The molecule has 142 valence electrons. The molecule has 0 saturated carbocycles. The Morgan fingerprint density at radius 3 is 2.23 bits per heavy atom. The van der Waals surface area contributed by atoms with Gasteiger partial charge in [0.2, 0.25) is 0 Å². The van der Waals surface area contributed by atoms with Crippen molar-refractivity contribution in [1.29, 1.82) is 0 Å². The second kappa shape index (κ2) is 9.76. The van der Waals surface area contributed by atoms with E-state index < -0.39 is 17.1 Å². The summed E-state index contributed by atoms with van der Waals surface area (Å²) in [6, 6.07) is 2.93. The number of carbonyl (C=O) groups excluding carboxylic acids is 4. The summed E-state index contributed by atoms with van der Waals surface area (Å²) in [6.45, 7) is 2.87. The van der Waals surface area contributed by atoms with Crippen molar-refractivity contribution >= 4 is 40.2 Å². The molecule has 1 amide bonds. The fraction of sp³-hybridized carbons (Fsp3) is 0.412. The van der Waals surface area contributed by atoms with Crippen molar-refractivity contribution < 1.29 is 33.4 Å². The van der Waals surface area contributed by atoms with Crippen molar-refractivity contribution in [3.05, 3.63) is 17.7 Å². The maximum absolute atomic E-state index is 12.3. The normalized spacial score (nSPS) is 10.0. The van der Waals surface area contributed by atoms with Crippen LogP contribution in [0.3, 0.4) is 0 Å². The first-order valence-corrected chi connectivity index (χ1v) is 8.09. The summed E-state index contributed by atoms with van der Waals surface area (Å²) in [5, 5.41) is -1.27. The van der Waals surface area contributed by atoms with Gasteiger partial charge in [-0.3, -0.25) is 24.1 Å². The van der Waals surface area contributed by atoms with Crippen LogP contribution in [0.5, 0.6) is 11.5 Å². The summed E-state index contributed by atoms with van der Waals surface area (Å²) in [4.78, 5) is 48.4. The van der Waals surface area contributed by atoms with E-state index in [1.165, 1.54) is 33.3 Å². The molecule has 0 N–H and O–H groups in total. The second-order valence-electron chi connectivity index (χ2n) is 5.04. The van der Waals surface area contributed by atoms with Crippen LogP contribution in [0.1, 0.15) is 30.6 Å². The van der Waals surface area contributed by atoms with Crippen LogP contribution in [0.4, 0.5) is 5.69 Å². The van der Waals surface area contributed by atoms with Gasteiger partial charge < -0.3 is 14.2 Å². The summed E-state index contributed by atoms with van der Waals surface area (Å²) in [5.41, 5.74) is 0.112. The Balaban J connectivity index is 3.52. The minimum Gasteiger partial charge on any atom is -0.493 e. The van der Waals surface area contributed by atoms with Crippen molar-refractivity contribution in [2.24, 2.45) is 0 Å². The fourth-order valence-corrected chi connectivity index (χ4v) is 2.42. The number of hydrogen-bond donors (Lipinski definition) is 0. The topological polar surface area (TPSA) is 99.2 Å². The van der Waals surface area contributed by atoms with Crippen molar-refractivity contribution in [3.8, 4) is 11.5 Å². The molecule has 9 heteroatoms. The van der Waals surface area contributed by atoms with Crippen LogP contribution in [0.15, 0.2) is 12.1 Å². The highest BCUT2D eigenvalue weighted by Gasteiger charge is 2.30. The van der Waals surface area contributed by atoms with Gasteiger partial charge in [0, 0.05) is 12.1 Å². The van der Waals surface area contributed by atoms with Gasteiger partial charge in [-0.15, -0.1) is 0 Å². The molecule has 0 radical (unpaired) electrons. The molecule has 1 aromatic rings. The van der Waals surface area contributed by atoms with E-state index in [2.05, 4.69) is 0 Å². The molecule has 0 unspecified atom stereocenters. The van der Waals surface area contributed by atoms with E-state index >= 15 is 0 Å². The molecule has 0 aromatic heterocycles. The Labute approximate surface area is 155 Å². The van der Waals surface area contributed by atoms with Crippen molar-refractivity contribution in [3.63, 3.8) is 0 Å². The van der Waals surface area contributed by atoms with Gasteiger partial charge in [0.05, 0.1) is 27.2 Å². The van der Waals surface area contributed by atoms with E-state index in [4.69, 9.17) is 25.8 Å². The zero-order valence-corrected chi connectivity index (χ0v) is 15.7. The predicted octanol–water partition coefficient (Wildman–Crippen LogP) is 1.96. The molecule has 0 heterocycles. The Kier molecular flexibility index (Phi) is 8.05. The molecule has 1 aromatic carbocycles. The van der Waals surface area contributed by atoms with Gasteiger partial charge in [-0.25, -0.2) is 0 Å².